The van der Waals surface area contributed by atoms with Crippen LogP contribution in [0.25, 0.3) is 5.76 Å². The van der Waals surface area contributed by atoms with Crippen molar-refractivity contribution in [3.8, 4) is 17.2 Å². The van der Waals surface area contributed by atoms with Gasteiger partial charge in [-0.05, 0) is 68.9 Å². The summed E-state index contributed by atoms with van der Waals surface area (Å²) in [6.07, 6.45) is 0.878. The molecule has 188 valence electrons. The summed E-state index contributed by atoms with van der Waals surface area (Å²) in [7, 11) is 6.85. The number of ketones is 1. The summed E-state index contributed by atoms with van der Waals surface area (Å²) in [6.45, 7) is 5.36. The average Bonchev–Trinajstić information content (AvgIpc) is 3.10. The van der Waals surface area contributed by atoms with Crippen LogP contribution in [0.4, 0.5) is 0 Å². The molecule has 1 fully saturated rings. The lowest BCUT2D eigenvalue weighted by Gasteiger charge is -2.27. The van der Waals surface area contributed by atoms with Crippen molar-refractivity contribution in [2.45, 2.75) is 26.3 Å². The monoisotopic (exact) mass is 482 g/mol. The topological polar surface area (TPSA) is 88.5 Å². The minimum absolute atomic E-state index is 0.0441. The molecule has 0 bridgehead atoms. The highest BCUT2D eigenvalue weighted by Gasteiger charge is 2.46. The number of hydrogen-bond donors (Lipinski definition) is 1. The molecule has 1 saturated heterocycles. The fourth-order valence-corrected chi connectivity index (χ4v) is 4.11. The molecule has 3 rings (SSSR count). The highest BCUT2D eigenvalue weighted by molar-refractivity contribution is 6.46. The molecule has 0 radical (unpaired) electrons. The Morgan fingerprint density at radius 3 is 2.31 bits per heavy atom. The average molecular weight is 483 g/mol. The second kappa shape index (κ2) is 11.3. The molecule has 0 aliphatic carbocycles. The van der Waals surface area contributed by atoms with Gasteiger partial charge >= 0.3 is 0 Å². The van der Waals surface area contributed by atoms with Gasteiger partial charge in [0.25, 0.3) is 11.7 Å². The van der Waals surface area contributed by atoms with Crippen molar-refractivity contribution in [1.29, 1.82) is 0 Å². The molecule has 2 aromatic carbocycles. The first-order chi connectivity index (χ1) is 16.7. The van der Waals surface area contributed by atoms with E-state index in [0.717, 1.165) is 12.0 Å². The number of nitrogens with zero attached hydrogens (tertiary/aromatic N) is 2. The number of benzene rings is 2. The van der Waals surface area contributed by atoms with Crippen LogP contribution < -0.4 is 14.2 Å². The predicted molar refractivity (Wildman–Crippen MR) is 134 cm³/mol. The minimum Gasteiger partial charge on any atom is -0.507 e. The van der Waals surface area contributed by atoms with E-state index in [2.05, 4.69) is 0 Å². The summed E-state index contributed by atoms with van der Waals surface area (Å²) >= 11 is 0. The van der Waals surface area contributed by atoms with Crippen molar-refractivity contribution in [1.82, 2.24) is 9.80 Å². The number of carbonyl (C=O) groups excluding carboxylic acids is 2. The molecule has 0 spiro atoms. The van der Waals surface area contributed by atoms with Gasteiger partial charge in [-0.25, -0.2) is 0 Å². The van der Waals surface area contributed by atoms with Gasteiger partial charge < -0.3 is 29.1 Å². The number of Topliss-reactive ketones (excluding diaryl/α,β-unsaturated/α-hetero) is 1. The Morgan fingerprint density at radius 1 is 1.03 bits per heavy atom. The smallest absolute Gasteiger partial charge is 0.295 e. The number of hydrogen-bond acceptors (Lipinski definition) is 7. The lowest BCUT2D eigenvalue weighted by Crippen LogP contribution is -2.35. The van der Waals surface area contributed by atoms with Crippen LogP contribution in [-0.2, 0) is 9.59 Å². The molecule has 2 aromatic rings. The molecule has 1 amide bonds. The normalized spacial score (nSPS) is 17.2. The Labute approximate surface area is 206 Å². The van der Waals surface area contributed by atoms with Crippen molar-refractivity contribution in [3.05, 3.63) is 58.7 Å². The van der Waals surface area contributed by atoms with Crippen LogP contribution in [0.2, 0.25) is 0 Å². The Balaban J connectivity index is 2.14. The Kier molecular flexibility index (Phi) is 8.40. The van der Waals surface area contributed by atoms with Crippen molar-refractivity contribution in [3.63, 3.8) is 0 Å². The van der Waals surface area contributed by atoms with E-state index in [9.17, 15) is 14.7 Å². The molecule has 1 unspecified atom stereocenters. The maximum atomic E-state index is 13.2. The summed E-state index contributed by atoms with van der Waals surface area (Å²) in [5.74, 6) is 0.126. The van der Waals surface area contributed by atoms with Gasteiger partial charge in [-0.1, -0.05) is 13.0 Å². The lowest BCUT2D eigenvalue weighted by molar-refractivity contribution is -0.140. The van der Waals surface area contributed by atoms with Crippen molar-refractivity contribution in [2.75, 3.05) is 48.0 Å². The largest absolute Gasteiger partial charge is 0.507 e. The maximum absolute atomic E-state index is 13.2. The molecule has 0 aromatic heterocycles. The first-order valence-corrected chi connectivity index (χ1v) is 11.6. The number of amides is 1. The third-order valence-corrected chi connectivity index (χ3v) is 5.96. The molecular weight excluding hydrogens is 448 g/mol. The minimum atomic E-state index is -0.772. The Bertz CT molecular complexity index is 1120. The number of ether oxygens (including phenoxy) is 3. The molecule has 1 N–H and O–H groups in total. The summed E-state index contributed by atoms with van der Waals surface area (Å²) < 4.78 is 16.5. The molecule has 8 nitrogen and oxygen atoms in total. The van der Waals surface area contributed by atoms with Crippen LogP contribution in [0.15, 0.2) is 42.0 Å². The third kappa shape index (κ3) is 5.43. The van der Waals surface area contributed by atoms with E-state index in [0.29, 0.717) is 48.1 Å². The van der Waals surface area contributed by atoms with Gasteiger partial charge in [0, 0.05) is 18.7 Å². The van der Waals surface area contributed by atoms with E-state index in [-0.39, 0.29) is 11.3 Å². The number of aliphatic hydroxyl groups excluding tert-OH is 1. The molecular formula is C27H34N2O6. The molecule has 0 saturated carbocycles. The zero-order valence-electron chi connectivity index (χ0n) is 21.3. The zero-order valence-corrected chi connectivity index (χ0v) is 21.3. The number of aliphatic hydroxyl groups is 1. The molecule has 1 atom stereocenters. The van der Waals surface area contributed by atoms with Gasteiger partial charge in [-0.15, -0.1) is 0 Å². The molecule has 1 aliphatic heterocycles. The Morgan fingerprint density at radius 2 is 1.71 bits per heavy atom. The summed E-state index contributed by atoms with van der Waals surface area (Å²) in [5, 5.41) is 11.3. The van der Waals surface area contributed by atoms with Gasteiger partial charge in [0.2, 0.25) is 0 Å². The zero-order chi connectivity index (χ0) is 25.7. The highest BCUT2D eigenvalue weighted by atomic mass is 16.5. The third-order valence-electron chi connectivity index (χ3n) is 5.96. The number of likely N-dealkylation sites (N-methyl/N-ethyl adjacent to an activating group) is 1. The van der Waals surface area contributed by atoms with Gasteiger partial charge in [-0.3, -0.25) is 9.59 Å². The van der Waals surface area contributed by atoms with E-state index in [4.69, 9.17) is 14.2 Å². The number of rotatable bonds is 10. The number of methoxy groups -OCH3 is 2. The summed E-state index contributed by atoms with van der Waals surface area (Å²) in [6, 6.07) is 9.70. The fourth-order valence-electron chi connectivity index (χ4n) is 4.11. The van der Waals surface area contributed by atoms with Crippen LogP contribution in [0.3, 0.4) is 0 Å². The van der Waals surface area contributed by atoms with Gasteiger partial charge in [0.05, 0.1) is 32.4 Å². The van der Waals surface area contributed by atoms with Crippen LogP contribution in [-0.4, -0.2) is 74.6 Å². The van der Waals surface area contributed by atoms with E-state index in [1.807, 2.05) is 32.8 Å². The van der Waals surface area contributed by atoms with Gasteiger partial charge in [0.1, 0.15) is 11.5 Å². The second-order valence-electron chi connectivity index (χ2n) is 8.74. The number of likely N-dealkylation sites (tertiary alicyclic amines) is 1. The summed E-state index contributed by atoms with van der Waals surface area (Å²) in [4.78, 5) is 29.8. The van der Waals surface area contributed by atoms with Gasteiger partial charge in [0.15, 0.2) is 11.5 Å². The first-order valence-electron chi connectivity index (χ1n) is 11.6. The van der Waals surface area contributed by atoms with E-state index in [1.165, 1.54) is 19.1 Å². The van der Waals surface area contributed by atoms with Crippen LogP contribution >= 0.6 is 0 Å². The highest BCUT2D eigenvalue weighted by Crippen LogP contribution is 2.42. The quantitative estimate of drug-likeness (QED) is 0.313. The molecule has 1 aliphatic rings. The lowest BCUT2D eigenvalue weighted by atomic mass is 9.94. The van der Waals surface area contributed by atoms with Crippen LogP contribution in [0, 0.1) is 6.92 Å². The maximum Gasteiger partial charge on any atom is 0.295 e. The van der Waals surface area contributed by atoms with Crippen molar-refractivity contribution >= 4 is 17.4 Å². The van der Waals surface area contributed by atoms with Crippen LogP contribution in [0.1, 0.15) is 36.1 Å². The van der Waals surface area contributed by atoms with Crippen molar-refractivity contribution < 1.29 is 28.9 Å². The standard InChI is InChI=1S/C27H34N2O6/c1-7-14-35-20-10-9-19(15-17(20)2)25(30)23-24(18-8-11-21(33-5)22(16-18)34-6)29(13-12-28(3)4)27(32)26(23)31/h8-11,15-16,24,30H,7,12-14H2,1-6H3/b25-23+. The van der Waals surface area contributed by atoms with E-state index in [1.54, 1.807) is 36.4 Å². The second-order valence-corrected chi connectivity index (χ2v) is 8.74. The summed E-state index contributed by atoms with van der Waals surface area (Å²) in [5.41, 5.74) is 1.96. The van der Waals surface area contributed by atoms with Crippen LogP contribution in [0.5, 0.6) is 17.2 Å². The van der Waals surface area contributed by atoms with Crippen molar-refractivity contribution in [2.24, 2.45) is 0 Å². The SMILES string of the molecule is CCCOc1ccc(/C(O)=C2\C(=O)C(=O)N(CCN(C)C)C2c2ccc(OC)c(OC)c2)cc1C. The number of aryl methyl sites for hydroxylation is 1. The molecule has 1 heterocycles. The van der Waals surface area contributed by atoms with Gasteiger partial charge in [-0.2, -0.15) is 0 Å². The molecule has 8 heteroatoms. The predicted octanol–water partition coefficient (Wildman–Crippen LogP) is 3.78. The Hall–Kier alpha value is -3.52. The first kappa shape index (κ1) is 26.1. The van der Waals surface area contributed by atoms with E-state index < -0.39 is 17.7 Å². The van der Waals surface area contributed by atoms with E-state index >= 15 is 0 Å². The fraction of sp³-hybridized carbons (Fsp3) is 0.407. The molecule has 35 heavy (non-hydrogen) atoms. The number of carbonyl (C=O) groups is 2.